The normalized spacial score (nSPS) is 10.4. The van der Waals surface area contributed by atoms with Gasteiger partial charge in [0.15, 0.2) is 17.3 Å². The molecule has 4 rings (SSSR count). The van der Waals surface area contributed by atoms with Gasteiger partial charge in [-0.1, -0.05) is 18.9 Å². The van der Waals surface area contributed by atoms with Gasteiger partial charge in [0.25, 0.3) is 0 Å². The van der Waals surface area contributed by atoms with E-state index < -0.39 is 22.0 Å². The Bertz CT molecular complexity index is 2360. The number of aromatic amines is 1. The van der Waals surface area contributed by atoms with Crippen LogP contribution in [-0.2, 0) is 21.2 Å². The Kier molecular flexibility index (Phi) is 11.6. The first kappa shape index (κ1) is 34.3. The van der Waals surface area contributed by atoms with E-state index in [1.165, 1.54) is 19.2 Å². The average molecular weight is 658 g/mol. The molecule has 0 spiro atoms. The molecule has 0 radical (unpaired) electrons. The minimum atomic E-state index is -4.14. The molecule has 11 nitrogen and oxygen atoms in total. The SMILES string of the molecule is CC#CC#CC#CC#CC#CC#COc1ccc(C)cc1S(=O)(=O)NC(C)c1nnc2c(Oc3ccc(C(=O)OC)cc3)c(CC)[nH]n12. The van der Waals surface area contributed by atoms with Crippen LogP contribution in [-0.4, -0.2) is 41.3 Å². The van der Waals surface area contributed by atoms with Gasteiger partial charge in [-0.25, -0.2) is 22.4 Å². The maximum atomic E-state index is 13.6. The number of sulfonamides is 1. The number of carbonyl (C=O) groups is 1. The predicted molar refractivity (Wildman–Crippen MR) is 177 cm³/mol. The van der Waals surface area contributed by atoms with Crippen LogP contribution in [0.25, 0.3) is 5.65 Å². The minimum absolute atomic E-state index is 0.00809. The standard InChI is InChI=1S/C36H27N5O6S/c1-6-8-9-10-11-12-13-14-15-16-17-24-46-31-23-18-26(3)25-32(31)48(43,44)40-27(4)34-37-38-35-33(30(7-2)39-41(34)35)47-29-21-19-28(20-22-29)36(42)45-5/h18-23,25,27,39-40H,7H2,1-5H3. The molecule has 0 saturated heterocycles. The number of benzene rings is 2. The van der Waals surface area contributed by atoms with Crippen molar-refractivity contribution in [1.29, 1.82) is 0 Å². The molecule has 0 amide bonds. The Morgan fingerprint density at radius 3 is 2.23 bits per heavy atom. The largest absolute Gasteiger partial charge is 0.465 e. The zero-order chi connectivity index (χ0) is 34.5. The number of aromatic nitrogens is 4. The third-order valence-corrected chi connectivity index (χ3v) is 7.83. The number of rotatable bonds is 9. The van der Waals surface area contributed by atoms with E-state index >= 15 is 0 Å². The van der Waals surface area contributed by atoms with Gasteiger partial charge >= 0.3 is 5.97 Å². The summed E-state index contributed by atoms with van der Waals surface area (Å²) in [5, 5.41) is 11.7. The predicted octanol–water partition coefficient (Wildman–Crippen LogP) is 3.92. The number of aryl methyl sites for hydroxylation is 2. The number of methoxy groups -OCH3 is 1. The van der Waals surface area contributed by atoms with Crippen LogP contribution in [0.1, 0.15) is 54.3 Å². The number of ether oxygens (including phenoxy) is 3. The van der Waals surface area contributed by atoms with Crippen molar-refractivity contribution in [3.8, 4) is 88.5 Å². The van der Waals surface area contributed by atoms with Crippen molar-refractivity contribution in [2.75, 3.05) is 7.11 Å². The average Bonchev–Trinajstić information content (AvgIpc) is 3.65. The molecule has 2 N–H and O–H groups in total. The highest BCUT2D eigenvalue weighted by Gasteiger charge is 2.27. The summed E-state index contributed by atoms with van der Waals surface area (Å²) in [4.78, 5) is 11.7. The van der Waals surface area contributed by atoms with Gasteiger partial charge < -0.3 is 14.2 Å². The molecule has 0 aliphatic rings. The van der Waals surface area contributed by atoms with Crippen LogP contribution in [0.15, 0.2) is 47.4 Å². The molecule has 4 aromatic rings. The molecule has 12 heteroatoms. The van der Waals surface area contributed by atoms with Crippen molar-refractivity contribution in [3.05, 3.63) is 65.1 Å². The maximum Gasteiger partial charge on any atom is 0.337 e. The molecular weight excluding hydrogens is 630 g/mol. The molecule has 0 aliphatic carbocycles. The fourth-order valence-corrected chi connectivity index (χ4v) is 5.49. The van der Waals surface area contributed by atoms with Gasteiger partial charge in [0.2, 0.25) is 15.7 Å². The lowest BCUT2D eigenvalue weighted by Crippen LogP contribution is -2.28. The number of carbonyl (C=O) groups excluding carboxylic acids is 1. The zero-order valence-corrected chi connectivity index (χ0v) is 27.3. The Morgan fingerprint density at radius 1 is 0.958 bits per heavy atom. The highest BCUT2D eigenvalue weighted by Crippen LogP contribution is 2.32. The molecule has 2 heterocycles. The van der Waals surface area contributed by atoms with Gasteiger partial charge in [0, 0.05) is 29.6 Å². The number of esters is 1. The van der Waals surface area contributed by atoms with Crippen molar-refractivity contribution in [2.24, 2.45) is 0 Å². The first-order valence-corrected chi connectivity index (χ1v) is 15.7. The lowest BCUT2D eigenvalue weighted by Gasteiger charge is -2.14. The molecule has 1 unspecified atom stereocenters. The van der Waals surface area contributed by atoms with Crippen LogP contribution in [0.5, 0.6) is 17.2 Å². The molecule has 1 atom stereocenters. The maximum absolute atomic E-state index is 13.6. The first-order valence-electron chi connectivity index (χ1n) is 14.2. The summed E-state index contributed by atoms with van der Waals surface area (Å²) in [6.45, 7) is 6.99. The van der Waals surface area contributed by atoms with E-state index in [1.807, 2.05) is 6.92 Å². The number of H-pyrrole nitrogens is 1. The van der Waals surface area contributed by atoms with Crippen LogP contribution in [0.2, 0.25) is 0 Å². The summed E-state index contributed by atoms with van der Waals surface area (Å²) in [7, 11) is -2.84. The van der Waals surface area contributed by atoms with Gasteiger partial charge in [0.05, 0.1) is 24.4 Å². The Balaban J connectivity index is 1.52. The molecule has 48 heavy (non-hydrogen) atoms. The summed E-state index contributed by atoms with van der Waals surface area (Å²) >= 11 is 0. The minimum Gasteiger partial charge on any atom is -0.465 e. The van der Waals surface area contributed by atoms with Gasteiger partial charge in [-0.15, -0.1) is 10.2 Å². The number of nitrogens with zero attached hydrogens (tertiary/aromatic N) is 3. The molecule has 0 fully saturated rings. The molecule has 0 bridgehead atoms. The summed E-state index contributed by atoms with van der Waals surface area (Å²) in [5.41, 5.74) is 2.12. The van der Waals surface area contributed by atoms with Crippen LogP contribution in [0, 0.1) is 78.2 Å². The van der Waals surface area contributed by atoms with Crippen molar-refractivity contribution >= 4 is 21.6 Å². The fraction of sp³-hybridized carbons (Fsp3) is 0.194. The third-order valence-electron chi connectivity index (χ3n) is 6.27. The van der Waals surface area contributed by atoms with Crippen molar-refractivity contribution < 1.29 is 27.4 Å². The van der Waals surface area contributed by atoms with E-state index in [4.69, 9.17) is 14.2 Å². The number of hydrogen-bond acceptors (Lipinski definition) is 8. The summed E-state index contributed by atoms with van der Waals surface area (Å²) in [6, 6.07) is 10.3. The Hall–Kier alpha value is -6.54. The second-order valence-electron chi connectivity index (χ2n) is 9.61. The first-order chi connectivity index (χ1) is 23.2. The number of hydrogen-bond donors (Lipinski definition) is 2. The zero-order valence-electron chi connectivity index (χ0n) is 26.5. The monoisotopic (exact) mass is 657 g/mol. The molecule has 2 aromatic heterocycles. The smallest absolute Gasteiger partial charge is 0.337 e. The third kappa shape index (κ3) is 8.58. The summed E-state index contributed by atoms with van der Waals surface area (Å²) < 4.78 is 47.7. The number of nitrogens with one attached hydrogen (secondary N) is 2. The molecule has 0 saturated carbocycles. The van der Waals surface area contributed by atoms with Gasteiger partial charge in [-0.05, 0) is 98.8 Å². The van der Waals surface area contributed by atoms with Crippen LogP contribution >= 0.6 is 0 Å². The fourth-order valence-electron chi connectivity index (χ4n) is 4.07. The highest BCUT2D eigenvalue weighted by molar-refractivity contribution is 7.89. The molecular formula is C36H27N5O6S. The summed E-state index contributed by atoms with van der Waals surface area (Å²) in [5.74, 6) is 28.4. The van der Waals surface area contributed by atoms with Crippen molar-refractivity contribution in [3.63, 3.8) is 0 Å². The van der Waals surface area contributed by atoms with Crippen LogP contribution in [0.3, 0.4) is 0 Å². The van der Waals surface area contributed by atoms with Gasteiger partial charge in [0.1, 0.15) is 16.8 Å². The quantitative estimate of drug-likeness (QED) is 0.204. The van der Waals surface area contributed by atoms with Crippen molar-refractivity contribution in [1.82, 2.24) is 24.5 Å². The van der Waals surface area contributed by atoms with Gasteiger partial charge in [-0.2, -0.15) is 0 Å². The van der Waals surface area contributed by atoms with Gasteiger partial charge in [-0.3, -0.25) is 5.10 Å². The van der Waals surface area contributed by atoms with E-state index in [-0.39, 0.29) is 16.5 Å². The van der Waals surface area contributed by atoms with E-state index in [1.54, 1.807) is 55.6 Å². The molecule has 0 aliphatic heterocycles. The lowest BCUT2D eigenvalue weighted by atomic mass is 10.2. The van der Waals surface area contributed by atoms with E-state index in [9.17, 15) is 13.2 Å². The molecule has 238 valence electrons. The topological polar surface area (TPSA) is 137 Å². The second-order valence-corrected chi connectivity index (χ2v) is 11.3. The lowest BCUT2D eigenvalue weighted by molar-refractivity contribution is 0.0600. The summed E-state index contributed by atoms with van der Waals surface area (Å²) in [6.07, 6.45) is 2.94. The van der Waals surface area contributed by atoms with E-state index in [0.717, 1.165) is 0 Å². The van der Waals surface area contributed by atoms with E-state index in [0.29, 0.717) is 40.4 Å². The second kappa shape index (κ2) is 16.1. The van der Waals surface area contributed by atoms with Crippen LogP contribution in [0.4, 0.5) is 0 Å². The number of fused-ring (bicyclic) bond motifs is 1. The highest BCUT2D eigenvalue weighted by atomic mass is 32.2. The Labute approximate surface area is 278 Å². The molecule has 2 aromatic carbocycles. The van der Waals surface area contributed by atoms with Crippen LogP contribution < -0.4 is 14.2 Å². The Morgan fingerprint density at radius 2 is 1.60 bits per heavy atom. The van der Waals surface area contributed by atoms with Crippen molar-refractivity contribution in [2.45, 2.75) is 45.1 Å². The van der Waals surface area contributed by atoms with E-state index in [2.05, 4.69) is 91.2 Å².